The highest BCUT2D eigenvalue weighted by atomic mass is 35.5. The third-order valence-electron chi connectivity index (χ3n) is 8.44. The van der Waals surface area contributed by atoms with Crippen molar-refractivity contribution in [3.8, 4) is 28.5 Å². The second kappa shape index (κ2) is 13.1. The average molecular weight is 645 g/mol. The minimum absolute atomic E-state index is 0. The zero-order valence-corrected chi connectivity index (χ0v) is 26.7. The summed E-state index contributed by atoms with van der Waals surface area (Å²) in [5.74, 6) is 1.31. The first-order valence-electron chi connectivity index (χ1n) is 15.0. The number of piperidine rings is 1. The van der Waals surface area contributed by atoms with Crippen LogP contribution in [-0.4, -0.2) is 69.6 Å². The predicted octanol–water partition coefficient (Wildman–Crippen LogP) is 5.21. The molecule has 2 N–H and O–H groups in total. The molecule has 2 aliphatic heterocycles. The number of pyridine rings is 1. The molecular weight excluding hydrogens is 611 g/mol. The van der Waals surface area contributed by atoms with Crippen molar-refractivity contribution in [3.63, 3.8) is 0 Å². The summed E-state index contributed by atoms with van der Waals surface area (Å²) >= 11 is 1.30. The molecule has 5 aromatic rings. The number of aryl methyl sites for hydroxylation is 1. The Morgan fingerprint density at radius 1 is 1.02 bits per heavy atom. The quantitative estimate of drug-likeness (QED) is 0.235. The molecule has 4 aromatic heterocycles. The van der Waals surface area contributed by atoms with Crippen molar-refractivity contribution in [1.29, 1.82) is 5.26 Å². The van der Waals surface area contributed by atoms with Crippen molar-refractivity contribution in [3.05, 3.63) is 71.4 Å². The first kappa shape index (κ1) is 30.9. The van der Waals surface area contributed by atoms with E-state index in [0.717, 1.165) is 79.7 Å². The molecule has 0 aliphatic carbocycles. The van der Waals surface area contributed by atoms with Gasteiger partial charge in [-0.1, -0.05) is 18.3 Å². The van der Waals surface area contributed by atoms with Crippen LogP contribution in [0.4, 0.5) is 21.3 Å². The molecule has 13 heteroatoms. The number of nitrogens with one attached hydrogen (secondary N) is 2. The zero-order chi connectivity index (χ0) is 30.2. The fourth-order valence-electron chi connectivity index (χ4n) is 5.89. The predicted molar refractivity (Wildman–Crippen MR) is 178 cm³/mol. The second-order valence-corrected chi connectivity index (χ2v) is 12.3. The Hall–Kier alpha value is -4.15. The molecule has 0 unspecified atom stereocenters. The molecule has 232 valence electrons. The normalized spacial score (nSPS) is 15.5. The Kier molecular flexibility index (Phi) is 8.96. The van der Waals surface area contributed by atoms with Crippen LogP contribution >= 0.6 is 23.7 Å². The van der Waals surface area contributed by atoms with Crippen LogP contribution < -0.4 is 20.4 Å². The minimum Gasteiger partial charge on any atom is -0.341 e. The van der Waals surface area contributed by atoms with Gasteiger partial charge in [-0.3, -0.25) is 4.40 Å². The van der Waals surface area contributed by atoms with E-state index >= 15 is 0 Å². The van der Waals surface area contributed by atoms with Crippen molar-refractivity contribution in [2.75, 3.05) is 43.0 Å². The fraction of sp³-hybridized carbons (Fsp3) is 0.344. The summed E-state index contributed by atoms with van der Waals surface area (Å²) in [5.41, 5.74) is 4.87. The maximum Gasteiger partial charge on any atom is 0.225 e. The van der Waals surface area contributed by atoms with Crippen LogP contribution in [0, 0.1) is 17.1 Å². The molecule has 10 nitrogen and oxygen atoms in total. The summed E-state index contributed by atoms with van der Waals surface area (Å²) in [5, 5.41) is 17.6. The maximum atomic E-state index is 13.5. The lowest BCUT2D eigenvalue weighted by Crippen LogP contribution is -2.59. The minimum atomic E-state index is -0.330. The molecule has 2 saturated heterocycles. The highest BCUT2D eigenvalue weighted by Gasteiger charge is 2.26. The number of benzene rings is 1. The molecule has 0 bridgehead atoms. The van der Waals surface area contributed by atoms with E-state index in [1.807, 2.05) is 36.5 Å². The molecule has 6 heterocycles. The second-order valence-electron chi connectivity index (χ2n) is 11.3. The summed E-state index contributed by atoms with van der Waals surface area (Å²) in [7, 11) is 1.93. The van der Waals surface area contributed by atoms with E-state index in [1.54, 1.807) is 12.1 Å². The average Bonchev–Trinajstić information content (AvgIpc) is 3.65. The Bertz CT molecular complexity index is 1820. The van der Waals surface area contributed by atoms with E-state index in [9.17, 15) is 9.65 Å². The van der Waals surface area contributed by atoms with Gasteiger partial charge in [-0.05, 0) is 55.7 Å². The van der Waals surface area contributed by atoms with Gasteiger partial charge in [-0.25, -0.2) is 24.3 Å². The molecule has 0 radical (unpaired) electrons. The number of halogens is 2. The lowest BCUT2D eigenvalue weighted by Gasteiger charge is -2.37. The van der Waals surface area contributed by atoms with E-state index in [4.69, 9.17) is 19.9 Å². The van der Waals surface area contributed by atoms with Gasteiger partial charge < -0.3 is 20.4 Å². The topological polar surface area (TPSA) is 110 Å². The number of rotatable bonds is 8. The third-order valence-corrected chi connectivity index (χ3v) is 9.48. The molecule has 0 spiro atoms. The van der Waals surface area contributed by atoms with Crippen molar-refractivity contribution in [2.24, 2.45) is 0 Å². The number of nitrogens with zero attached hydrogens (tertiary/aromatic N) is 8. The van der Waals surface area contributed by atoms with Gasteiger partial charge in [0.2, 0.25) is 5.95 Å². The molecule has 0 saturated carbocycles. The van der Waals surface area contributed by atoms with Crippen LogP contribution in [-0.2, 0) is 6.42 Å². The third kappa shape index (κ3) is 6.09. The summed E-state index contributed by atoms with van der Waals surface area (Å²) < 4.78 is 15.6. The SMILES string of the molecule is CCc1nc2ccc(-c3cnc(N4CCC(NC5CNC5)CC4)nc3)cn2c1N(C)c1nc(-c2ccc(F)cc2)c(C#N)s1.Cl. The fourth-order valence-corrected chi connectivity index (χ4v) is 6.73. The number of fused-ring (bicyclic) bond motifs is 1. The van der Waals surface area contributed by atoms with Gasteiger partial charge >= 0.3 is 0 Å². The van der Waals surface area contributed by atoms with E-state index in [2.05, 4.69) is 39.1 Å². The van der Waals surface area contributed by atoms with Crippen molar-refractivity contribution < 1.29 is 4.39 Å². The van der Waals surface area contributed by atoms with Crippen LogP contribution in [0.3, 0.4) is 0 Å². The monoisotopic (exact) mass is 644 g/mol. The standard InChI is InChI=1S/C32H33FN10S.ClH/c1-3-26-30(41(2)32-40-29(27(14-34)44-32)20-4-7-23(33)8-5-20)43-19-21(6-9-28(43)39-26)22-15-36-31(37-16-22)42-12-10-24(11-13-42)38-25-17-35-18-25;/h4-9,15-16,19,24-25,35,38H,3,10-13,17-18H2,1-2H3;1H. The molecule has 7 rings (SSSR count). The molecule has 0 amide bonds. The number of hydrogen-bond acceptors (Lipinski definition) is 10. The molecule has 45 heavy (non-hydrogen) atoms. The van der Waals surface area contributed by atoms with Crippen LogP contribution in [0.5, 0.6) is 0 Å². The van der Waals surface area contributed by atoms with Crippen LogP contribution in [0.2, 0.25) is 0 Å². The molecular formula is C32H34ClFN10S. The van der Waals surface area contributed by atoms with Gasteiger partial charge in [-0.2, -0.15) is 5.26 Å². The van der Waals surface area contributed by atoms with Gasteiger partial charge in [0.25, 0.3) is 0 Å². The summed E-state index contributed by atoms with van der Waals surface area (Å²) in [6.07, 6.45) is 8.75. The molecule has 2 aliphatic rings. The van der Waals surface area contributed by atoms with Crippen LogP contribution in [0.1, 0.15) is 30.3 Å². The van der Waals surface area contributed by atoms with Gasteiger partial charge in [0.1, 0.15) is 33.9 Å². The summed E-state index contributed by atoms with van der Waals surface area (Å²) in [4.78, 5) is 23.9. The summed E-state index contributed by atoms with van der Waals surface area (Å²) in [6.45, 7) is 6.10. The van der Waals surface area contributed by atoms with Gasteiger partial charge in [-0.15, -0.1) is 12.4 Å². The Balaban J connectivity index is 0.00000357. The first-order chi connectivity index (χ1) is 21.5. The first-order valence-corrected chi connectivity index (χ1v) is 15.8. The number of nitriles is 1. The molecule has 0 atom stereocenters. The van der Waals surface area contributed by atoms with E-state index in [0.29, 0.717) is 33.3 Å². The Morgan fingerprint density at radius 3 is 2.38 bits per heavy atom. The number of anilines is 3. The number of thiazole rings is 1. The number of imidazole rings is 1. The highest BCUT2D eigenvalue weighted by molar-refractivity contribution is 7.16. The zero-order valence-electron chi connectivity index (χ0n) is 25.1. The van der Waals surface area contributed by atoms with E-state index in [1.165, 1.54) is 23.5 Å². The van der Waals surface area contributed by atoms with Crippen LogP contribution in [0.25, 0.3) is 28.0 Å². The lowest BCUT2D eigenvalue weighted by atomic mass is 10.0. The van der Waals surface area contributed by atoms with Crippen LogP contribution in [0.15, 0.2) is 55.0 Å². The van der Waals surface area contributed by atoms with E-state index in [-0.39, 0.29) is 18.2 Å². The molecule has 1 aromatic carbocycles. The van der Waals surface area contributed by atoms with Gasteiger partial charge in [0.15, 0.2) is 5.13 Å². The maximum absolute atomic E-state index is 13.5. The highest BCUT2D eigenvalue weighted by Crippen LogP contribution is 2.37. The number of hydrogen-bond donors (Lipinski definition) is 2. The van der Waals surface area contributed by atoms with E-state index < -0.39 is 0 Å². The lowest BCUT2D eigenvalue weighted by molar-refractivity contribution is 0.298. The summed E-state index contributed by atoms with van der Waals surface area (Å²) in [6, 6.07) is 13.5. The van der Waals surface area contributed by atoms with Crippen molar-refractivity contribution in [1.82, 2.24) is 35.0 Å². The van der Waals surface area contributed by atoms with Gasteiger partial charge in [0.05, 0.1) is 5.69 Å². The van der Waals surface area contributed by atoms with Crippen molar-refractivity contribution >= 4 is 46.3 Å². The smallest absolute Gasteiger partial charge is 0.225 e. The Morgan fingerprint density at radius 2 is 1.73 bits per heavy atom. The van der Waals surface area contributed by atoms with Crippen molar-refractivity contribution in [2.45, 2.75) is 38.3 Å². The number of aromatic nitrogens is 5. The molecule has 2 fully saturated rings. The Labute approximate surface area is 271 Å². The largest absolute Gasteiger partial charge is 0.341 e. The van der Waals surface area contributed by atoms with Gasteiger partial charge in [0, 0.05) is 80.6 Å².